The highest BCUT2D eigenvalue weighted by Crippen LogP contribution is 2.25. The van der Waals surface area contributed by atoms with Crippen LogP contribution in [0, 0.1) is 6.92 Å². The average Bonchev–Trinajstić information content (AvgIpc) is 3.15. The van der Waals surface area contributed by atoms with Gasteiger partial charge in [0.15, 0.2) is 0 Å². The van der Waals surface area contributed by atoms with Crippen molar-refractivity contribution in [1.29, 1.82) is 0 Å². The number of furan rings is 1. The number of hydrogen-bond acceptors (Lipinski definition) is 4. The van der Waals surface area contributed by atoms with Crippen LogP contribution in [-0.2, 0) is 16.6 Å². The summed E-state index contributed by atoms with van der Waals surface area (Å²) in [6.45, 7) is 7.17. The van der Waals surface area contributed by atoms with E-state index in [1.807, 2.05) is 13.8 Å². The number of aryl methyl sites for hydroxylation is 1. The molecule has 5 nitrogen and oxygen atoms in total. The van der Waals surface area contributed by atoms with Gasteiger partial charge < -0.3 is 9.73 Å². The smallest absolute Gasteiger partial charge is 0.246 e. The highest BCUT2D eigenvalue weighted by Gasteiger charge is 2.28. The van der Waals surface area contributed by atoms with Gasteiger partial charge in [0.05, 0.1) is 6.54 Å². The predicted octanol–water partition coefficient (Wildman–Crippen LogP) is 2.26. The minimum atomic E-state index is -3.43. The van der Waals surface area contributed by atoms with Crippen LogP contribution in [-0.4, -0.2) is 31.9 Å². The van der Waals surface area contributed by atoms with Gasteiger partial charge in [0.1, 0.15) is 16.4 Å². The lowest BCUT2D eigenvalue weighted by molar-refractivity contribution is 0.422. The monoisotopic (exact) mass is 300 g/mol. The first-order valence-electron chi connectivity index (χ1n) is 7.31. The summed E-state index contributed by atoms with van der Waals surface area (Å²) >= 11 is 0. The van der Waals surface area contributed by atoms with E-state index in [4.69, 9.17) is 4.42 Å². The normalized spacial score (nSPS) is 16.0. The van der Waals surface area contributed by atoms with Gasteiger partial charge in [0.2, 0.25) is 10.0 Å². The van der Waals surface area contributed by atoms with Crippen LogP contribution in [0.5, 0.6) is 0 Å². The van der Waals surface area contributed by atoms with Gasteiger partial charge in [-0.2, -0.15) is 4.31 Å². The van der Waals surface area contributed by atoms with Crippen LogP contribution in [0.2, 0.25) is 0 Å². The van der Waals surface area contributed by atoms with Gasteiger partial charge in [0, 0.05) is 25.2 Å². The molecule has 1 aliphatic rings. The Kier molecular flexibility index (Phi) is 4.88. The Bertz CT molecular complexity index is 547. The second kappa shape index (κ2) is 6.28. The van der Waals surface area contributed by atoms with Crippen molar-refractivity contribution in [1.82, 2.24) is 9.62 Å². The summed E-state index contributed by atoms with van der Waals surface area (Å²) in [7, 11) is -3.43. The number of nitrogens with zero attached hydrogens (tertiary/aromatic N) is 1. The van der Waals surface area contributed by atoms with E-state index in [0.717, 1.165) is 6.42 Å². The maximum atomic E-state index is 12.6. The van der Waals surface area contributed by atoms with E-state index in [1.54, 1.807) is 13.0 Å². The first-order chi connectivity index (χ1) is 9.48. The van der Waals surface area contributed by atoms with E-state index in [1.165, 1.54) is 17.1 Å². The van der Waals surface area contributed by atoms with Gasteiger partial charge in [-0.15, -0.1) is 0 Å². The van der Waals surface area contributed by atoms with Crippen molar-refractivity contribution >= 4 is 10.0 Å². The molecular weight excluding hydrogens is 276 g/mol. The summed E-state index contributed by atoms with van der Waals surface area (Å²) in [5.41, 5.74) is 0. The van der Waals surface area contributed by atoms with Crippen LogP contribution < -0.4 is 5.32 Å². The van der Waals surface area contributed by atoms with Crippen LogP contribution in [0.1, 0.15) is 44.6 Å². The second-order valence-electron chi connectivity index (χ2n) is 5.29. The van der Waals surface area contributed by atoms with Crippen LogP contribution >= 0.6 is 0 Å². The van der Waals surface area contributed by atoms with Gasteiger partial charge >= 0.3 is 0 Å². The van der Waals surface area contributed by atoms with Crippen molar-refractivity contribution in [3.63, 3.8) is 0 Å². The van der Waals surface area contributed by atoms with E-state index in [0.29, 0.717) is 42.1 Å². The van der Waals surface area contributed by atoms with Crippen molar-refractivity contribution in [2.24, 2.45) is 0 Å². The third-order valence-electron chi connectivity index (χ3n) is 3.51. The SMILES string of the molecule is CCCN(CC)S(=O)(=O)c1cc(CNC2CC2)oc1C. The fraction of sp³-hybridized carbons (Fsp3) is 0.714. The van der Waals surface area contributed by atoms with Gasteiger partial charge in [-0.25, -0.2) is 8.42 Å². The Balaban J connectivity index is 2.16. The zero-order chi connectivity index (χ0) is 14.8. The molecule has 0 atom stereocenters. The van der Waals surface area contributed by atoms with Crippen LogP contribution in [0.4, 0.5) is 0 Å². The standard InChI is InChI=1S/C14H24N2O3S/c1-4-8-16(5-2)20(17,18)14-9-13(19-11(14)3)10-15-12-6-7-12/h9,12,15H,4-8,10H2,1-3H3. The summed E-state index contributed by atoms with van der Waals surface area (Å²) in [4.78, 5) is 0.306. The van der Waals surface area contributed by atoms with Gasteiger partial charge in [-0.05, 0) is 26.2 Å². The topological polar surface area (TPSA) is 62.6 Å². The van der Waals surface area contributed by atoms with Crippen molar-refractivity contribution in [2.75, 3.05) is 13.1 Å². The van der Waals surface area contributed by atoms with E-state index < -0.39 is 10.0 Å². The lowest BCUT2D eigenvalue weighted by Gasteiger charge is -2.18. The molecule has 1 fully saturated rings. The van der Waals surface area contributed by atoms with Gasteiger partial charge in [-0.3, -0.25) is 0 Å². The highest BCUT2D eigenvalue weighted by molar-refractivity contribution is 7.89. The first kappa shape index (κ1) is 15.5. The maximum absolute atomic E-state index is 12.6. The molecule has 0 amide bonds. The zero-order valence-corrected chi connectivity index (χ0v) is 13.3. The quantitative estimate of drug-likeness (QED) is 0.800. The zero-order valence-electron chi connectivity index (χ0n) is 12.5. The number of sulfonamides is 1. The lowest BCUT2D eigenvalue weighted by Crippen LogP contribution is -2.31. The minimum Gasteiger partial charge on any atom is -0.464 e. The molecule has 0 aromatic carbocycles. The molecule has 1 saturated carbocycles. The predicted molar refractivity (Wildman–Crippen MR) is 78.0 cm³/mol. The number of hydrogen-bond donors (Lipinski definition) is 1. The van der Waals surface area contributed by atoms with Crippen LogP contribution in [0.3, 0.4) is 0 Å². The molecule has 0 unspecified atom stereocenters. The fourth-order valence-electron chi connectivity index (χ4n) is 2.24. The molecule has 1 aromatic heterocycles. The van der Waals surface area contributed by atoms with Crippen LogP contribution in [0.25, 0.3) is 0 Å². The van der Waals surface area contributed by atoms with Crippen molar-refractivity contribution in [3.8, 4) is 0 Å². The van der Waals surface area contributed by atoms with Crippen LogP contribution in [0.15, 0.2) is 15.4 Å². The summed E-state index contributed by atoms with van der Waals surface area (Å²) < 4.78 is 32.3. The van der Waals surface area contributed by atoms with E-state index in [-0.39, 0.29) is 0 Å². The molecule has 0 bridgehead atoms. The minimum absolute atomic E-state index is 0.306. The van der Waals surface area contributed by atoms with Crippen molar-refractivity contribution in [3.05, 3.63) is 17.6 Å². The Morgan fingerprint density at radius 1 is 1.40 bits per heavy atom. The molecular formula is C14H24N2O3S. The molecule has 6 heteroatoms. The van der Waals surface area contributed by atoms with Crippen molar-refractivity contribution in [2.45, 2.75) is 57.5 Å². The molecule has 0 aliphatic heterocycles. The maximum Gasteiger partial charge on any atom is 0.246 e. The Morgan fingerprint density at radius 2 is 2.10 bits per heavy atom. The van der Waals surface area contributed by atoms with E-state index in [9.17, 15) is 8.42 Å². The Morgan fingerprint density at radius 3 is 2.65 bits per heavy atom. The molecule has 0 saturated heterocycles. The molecule has 1 heterocycles. The summed E-state index contributed by atoms with van der Waals surface area (Å²) in [6, 6.07) is 2.24. The average molecular weight is 300 g/mol. The number of rotatable bonds is 8. The Hall–Kier alpha value is -0.850. The van der Waals surface area contributed by atoms with E-state index in [2.05, 4.69) is 5.32 Å². The van der Waals surface area contributed by atoms with Crippen molar-refractivity contribution < 1.29 is 12.8 Å². The molecule has 0 radical (unpaired) electrons. The lowest BCUT2D eigenvalue weighted by atomic mass is 10.4. The molecule has 2 rings (SSSR count). The molecule has 1 aromatic rings. The van der Waals surface area contributed by atoms with E-state index >= 15 is 0 Å². The number of nitrogens with one attached hydrogen (secondary N) is 1. The third kappa shape index (κ3) is 3.42. The molecule has 20 heavy (non-hydrogen) atoms. The largest absolute Gasteiger partial charge is 0.464 e. The molecule has 114 valence electrons. The highest BCUT2D eigenvalue weighted by atomic mass is 32.2. The Labute approximate surface area is 121 Å². The van der Waals surface area contributed by atoms with Gasteiger partial charge in [-0.1, -0.05) is 13.8 Å². The summed E-state index contributed by atoms with van der Waals surface area (Å²) in [5, 5.41) is 3.33. The second-order valence-corrected chi connectivity index (χ2v) is 7.19. The first-order valence-corrected chi connectivity index (χ1v) is 8.75. The molecule has 1 N–H and O–H groups in total. The van der Waals surface area contributed by atoms with Gasteiger partial charge in [0.25, 0.3) is 0 Å². The summed E-state index contributed by atoms with van der Waals surface area (Å²) in [6.07, 6.45) is 3.20. The fourth-order valence-corrected chi connectivity index (χ4v) is 3.96. The molecule has 1 aliphatic carbocycles. The molecule has 0 spiro atoms. The summed E-state index contributed by atoms with van der Waals surface area (Å²) in [5.74, 6) is 1.17. The third-order valence-corrected chi connectivity index (χ3v) is 5.59.